The predicted molar refractivity (Wildman–Crippen MR) is 141 cm³/mol. The molecule has 0 radical (unpaired) electrons. The second-order valence-electron chi connectivity index (χ2n) is 9.32. The van der Waals surface area contributed by atoms with E-state index in [1.165, 1.54) is 16.0 Å². The summed E-state index contributed by atoms with van der Waals surface area (Å²) >= 11 is 0. The SMILES string of the molecule is CN(C)C(=O)c1ncc(-c2cccc3c2CC(N(Cc2ccccc2)Cc2ccccc2)CO3)cn1. The zero-order valence-electron chi connectivity index (χ0n) is 20.7. The van der Waals surface area contributed by atoms with Crippen molar-refractivity contribution in [2.45, 2.75) is 25.6 Å². The van der Waals surface area contributed by atoms with Crippen LogP contribution in [0.3, 0.4) is 0 Å². The van der Waals surface area contributed by atoms with Gasteiger partial charge in [0.15, 0.2) is 0 Å². The molecule has 36 heavy (non-hydrogen) atoms. The van der Waals surface area contributed by atoms with Gasteiger partial charge in [0.2, 0.25) is 5.82 Å². The molecule has 0 bridgehead atoms. The first-order chi connectivity index (χ1) is 17.6. The lowest BCUT2D eigenvalue weighted by atomic mass is 9.93. The fourth-order valence-electron chi connectivity index (χ4n) is 4.62. The molecular weight excluding hydrogens is 448 g/mol. The molecule has 3 aromatic carbocycles. The molecule has 0 aliphatic carbocycles. The molecular formula is C30H30N4O2. The van der Waals surface area contributed by atoms with Gasteiger partial charge in [0, 0.05) is 56.7 Å². The topological polar surface area (TPSA) is 58.6 Å². The number of ether oxygens (including phenoxy) is 1. The van der Waals surface area contributed by atoms with Crippen molar-refractivity contribution in [2.75, 3.05) is 20.7 Å². The van der Waals surface area contributed by atoms with Crippen molar-refractivity contribution in [1.29, 1.82) is 0 Å². The van der Waals surface area contributed by atoms with E-state index in [4.69, 9.17) is 4.74 Å². The van der Waals surface area contributed by atoms with Crippen molar-refractivity contribution in [3.05, 3.63) is 114 Å². The summed E-state index contributed by atoms with van der Waals surface area (Å²) in [5.74, 6) is 0.883. The molecule has 1 amide bonds. The molecule has 0 saturated heterocycles. The van der Waals surface area contributed by atoms with E-state index in [1.807, 2.05) is 12.1 Å². The average Bonchev–Trinajstić information content (AvgIpc) is 2.93. The van der Waals surface area contributed by atoms with Crippen molar-refractivity contribution >= 4 is 5.91 Å². The third kappa shape index (κ3) is 5.29. The van der Waals surface area contributed by atoms with E-state index in [9.17, 15) is 4.79 Å². The summed E-state index contributed by atoms with van der Waals surface area (Å²) in [6, 6.07) is 27.5. The molecule has 4 aromatic rings. The highest BCUT2D eigenvalue weighted by Gasteiger charge is 2.28. The summed E-state index contributed by atoms with van der Waals surface area (Å²) in [4.78, 5) is 24.9. The van der Waals surface area contributed by atoms with Gasteiger partial charge < -0.3 is 9.64 Å². The van der Waals surface area contributed by atoms with Gasteiger partial charge in [-0.3, -0.25) is 9.69 Å². The van der Waals surface area contributed by atoms with Crippen LogP contribution in [-0.2, 0) is 19.5 Å². The fraction of sp³-hybridized carbons (Fsp3) is 0.233. The highest BCUT2D eigenvalue weighted by atomic mass is 16.5. The lowest BCUT2D eigenvalue weighted by Gasteiger charge is -2.36. The van der Waals surface area contributed by atoms with Crippen LogP contribution < -0.4 is 4.74 Å². The van der Waals surface area contributed by atoms with Gasteiger partial charge in [-0.05, 0) is 29.2 Å². The first-order valence-electron chi connectivity index (χ1n) is 12.2. The third-order valence-corrected chi connectivity index (χ3v) is 6.54. The zero-order valence-corrected chi connectivity index (χ0v) is 20.7. The lowest BCUT2D eigenvalue weighted by Crippen LogP contribution is -2.42. The van der Waals surface area contributed by atoms with Crippen LogP contribution in [0.1, 0.15) is 27.3 Å². The third-order valence-electron chi connectivity index (χ3n) is 6.54. The number of nitrogens with zero attached hydrogens (tertiary/aromatic N) is 4. The van der Waals surface area contributed by atoms with E-state index >= 15 is 0 Å². The molecule has 2 heterocycles. The molecule has 0 N–H and O–H groups in total. The Labute approximate surface area is 212 Å². The van der Waals surface area contributed by atoms with Crippen LogP contribution in [0.4, 0.5) is 0 Å². The van der Waals surface area contributed by atoms with Gasteiger partial charge in [-0.25, -0.2) is 9.97 Å². The quantitative estimate of drug-likeness (QED) is 0.380. The number of fused-ring (bicyclic) bond motifs is 1. The molecule has 1 unspecified atom stereocenters. The molecule has 0 saturated carbocycles. The van der Waals surface area contributed by atoms with E-state index < -0.39 is 0 Å². The summed E-state index contributed by atoms with van der Waals surface area (Å²) in [7, 11) is 3.39. The Bertz CT molecular complexity index is 1270. The summed E-state index contributed by atoms with van der Waals surface area (Å²) in [5.41, 5.74) is 5.63. The number of benzene rings is 3. The van der Waals surface area contributed by atoms with Gasteiger partial charge in [0.05, 0.1) is 0 Å². The highest BCUT2D eigenvalue weighted by Crippen LogP contribution is 2.35. The van der Waals surface area contributed by atoms with Gasteiger partial charge in [-0.1, -0.05) is 72.8 Å². The van der Waals surface area contributed by atoms with E-state index in [0.717, 1.165) is 42.0 Å². The van der Waals surface area contributed by atoms with Gasteiger partial charge in [-0.15, -0.1) is 0 Å². The summed E-state index contributed by atoms with van der Waals surface area (Å²) in [6.07, 6.45) is 4.31. The molecule has 5 rings (SSSR count). The van der Waals surface area contributed by atoms with E-state index in [1.54, 1.807) is 26.5 Å². The normalized spacial score (nSPS) is 14.7. The summed E-state index contributed by atoms with van der Waals surface area (Å²) in [6.45, 7) is 2.31. The second-order valence-corrected chi connectivity index (χ2v) is 9.32. The highest BCUT2D eigenvalue weighted by molar-refractivity contribution is 5.90. The van der Waals surface area contributed by atoms with Crippen LogP contribution in [0.25, 0.3) is 11.1 Å². The van der Waals surface area contributed by atoms with Crippen molar-refractivity contribution in [2.24, 2.45) is 0 Å². The number of hydrogen-bond acceptors (Lipinski definition) is 5. The van der Waals surface area contributed by atoms with Crippen molar-refractivity contribution < 1.29 is 9.53 Å². The van der Waals surface area contributed by atoms with E-state index in [0.29, 0.717) is 6.61 Å². The predicted octanol–water partition coefficient (Wildman–Crippen LogP) is 4.85. The molecule has 6 nitrogen and oxygen atoms in total. The molecule has 0 fully saturated rings. The van der Waals surface area contributed by atoms with Crippen LogP contribution in [0.15, 0.2) is 91.3 Å². The fourth-order valence-corrected chi connectivity index (χ4v) is 4.62. The van der Waals surface area contributed by atoms with E-state index in [-0.39, 0.29) is 17.8 Å². The maximum absolute atomic E-state index is 12.2. The van der Waals surface area contributed by atoms with Crippen molar-refractivity contribution in [3.63, 3.8) is 0 Å². The maximum Gasteiger partial charge on any atom is 0.291 e. The minimum atomic E-state index is -0.211. The smallest absolute Gasteiger partial charge is 0.291 e. The molecule has 1 atom stereocenters. The minimum Gasteiger partial charge on any atom is -0.492 e. The van der Waals surface area contributed by atoms with Crippen molar-refractivity contribution in [1.82, 2.24) is 19.8 Å². The van der Waals surface area contributed by atoms with Crippen molar-refractivity contribution in [3.8, 4) is 16.9 Å². The monoisotopic (exact) mass is 478 g/mol. The van der Waals surface area contributed by atoms with Crippen LogP contribution in [0.5, 0.6) is 5.75 Å². The summed E-state index contributed by atoms with van der Waals surface area (Å²) in [5, 5.41) is 0. The minimum absolute atomic E-state index is 0.194. The first kappa shape index (κ1) is 23.7. The Morgan fingerprint density at radius 3 is 2.06 bits per heavy atom. The Morgan fingerprint density at radius 2 is 1.47 bits per heavy atom. The largest absolute Gasteiger partial charge is 0.492 e. The number of amides is 1. The van der Waals surface area contributed by atoms with Crippen LogP contribution in [0, 0.1) is 0 Å². The van der Waals surface area contributed by atoms with Crippen LogP contribution in [-0.4, -0.2) is 52.4 Å². The Morgan fingerprint density at radius 1 is 0.861 bits per heavy atom. The standard InChI is InChI=1S/C30H30N4O2/c1-33(2)30(35)29-31-17-24(18-32-29)26-14-9-15-28-27(26)16-25(21-36-28)34(19-22-10-5-3-6-11-22)20-23-12-7-4-8-13-23/h3-15,17-18,25H,16,19-21H2,1-2H3. The number of rotatable bonds is 7. The van der Waals surface area contributed by atoms with Gasteiger partial charge in [-0.2, -0.15) is 0 Å². The lowest BCUT2D eigenvalue weighted by molar-refractivity contribution is 0.0816. The Hall–Kier alpha value is -4.03. The number of carbonyl (C=O) groups is 1. The molecule has 0 spiro atoms. The number of aromatic nitrogens is 2. The zero-order chi connectivity index (χ0) is 24.9. The van der Waals surface area contributed by atoms with Gasteiger partial charge in [0.1, 0.15) is 12.4 Å². The number of hydrogen-bond donors (Lipinski definition) is 0. The molecule has 1 aromatic heterocycles. The summed E-state index contributed by atoms with van der Waals surface area (Å²) < 4.78 is 6.30. The van der Waals surface area contributed by atoms with Crippen LogP contribution in [0.2, 0.25) is 0 Å². The molecule has 1 aliphatic rings. The van der Waals surface area contributed by atoms with E-state index in [2.05, 4.69) is 81.6 Å². The molecule has 6 heteroatoms. The average molecular weight is 479 g/mol. The van der Waals surface area contributed by atoms with Crippen LogP contribution >= 0.6 is 0 Å². The Balaban J connectivity index is 1.43. The van der Waals surface area contributed by atoms with Gasteiger partial charge >= 0.3 is 0 Å². The molecule has 1 aliphatic heterocycles. The Kier molecular flexibility index (Phi) is 7.05. The van der Waals surface area contributed by atoms with Gasteiger partial charge in [0.25, 0.3) is 5.91 Å². The maximum atomic E-state index is 12.2. The number of carbonyl (C=O) groups excluding carboxylic acids is 1. The first-order valence-corrected chi connectivity index (χ1v) is 12.2. The second kappa shape index (κ2) is 10.7. The molecule has 182 valence electrons.